The number of halogens is 1. The quantitative estimate of drug-likeness (QED) is 0.294. The molecule has 214 valence electrons. The van der Waals surface area contributed by atoms with Gasteiger partial charge in [0, 0.05) is 17.1 Å². The number of benzene rings is 3. The fraction of sp³-hybridized carbons (Fsp3) is 0.333. The number of sulfonamides is 1. The van der Waals surface area contributed by atoms with E-state index in [2.05, 4.69) is 21.2 Å². The zero-order valence-corrected chi connectivity index (χ0v) is 25.8. The Balaban J connectivity index is 2.09. The number of carbonyl (C=O) groups excluding carboxylic acids is 2. The normalized spacial score (nSPS) is 12.1. The van der Waals surface area contributed by atoms with Crippen LogP contribution in [0.15, 0.2) is 82.2 Å². The van der Waals surface area contributed by atoms with Crippen molar-refractivity contribution in [3.63, 3.8) is 0 Å². The van der Waals surface area contributed by atoms with Crippen LogP contribution >= 0.6 is 15.9 Å². The van der Waals surface area contributed by atoms with Crippen molar-refractivity contribution in [3.05, 3.63) is 88.4 Å². The molecule has 0 saturated carbocycles. The molecule has 0 aliphatic heterocycles. The highest BCUT2D eigenvalue weighted by molar-refractivity contribution is 9.10. The number of hydrogen-bond acceptors (Lipinski definition) is 5. The van der Waals surface area contributed by atoms with Crippen LogP contribution in [-0.4, -0.2) is 50.4 Å². The van der Waals surface area contributed by atoms with Crippen LogP contribution in [0.25, 0.3) is 0 Å². The standard InChI is InChI=1S/C30H36BrN3O5S/c1-6-39-28-13-8-7-12-27(28)34(40(37,38)26-16-14-22(4)15-17-26)20-29(35)33(23(5)30(36)32-21(2)3)19-24-10-9-11-25(31)18-24/h7-18,21,23H,6,19-20H2,1-5H3,(H,32,36). The number of nitrogens with zero attached hydrogens (tertiary/aromatic N) is 2. The van der Waals surface area contributed by atoms with E-state index in [9.17, 15) is 18.0 Å². The molecule has 0 aliphatic carbocycles. The van der Waals surface area contributed by atoms with Crippen LogP contribution < -0.4 is 14.4 Å². The first-order valence-electron chi connectivity index (χ1n) is 13.1. The molecule has 0 aliphatic rings. The van der Waals surface area contributed by atoms with Gasteiger partial charge in [-0.15, -0.1) is 0 Å². The van der Waals surface area contributed by atoms with Gasteiger partial charge in [0.05, 0.1) is 17.2 Å². The van der Waals surface area contributed by atoms with Crippen LogP contribution in [-0.2, 0) is 26.2 Å². The van der Waals surface area contributed by atoms with Crippen molar-refractivity contribution in [2.45, 2.75) is 58.1 Å². The van der Waals surface area contributed by atoms with Crippen molar-refractivity contribution >= 4 is 43.5 Å². The fourth-order valence-electron chi connectivity index (χ4n) is 4.11. The van der Waals surface area contributed by atoms with E-state index in [1.54, 1.807) is 50.2 Å². The summed E-state index contributed by atoms with van der Waals surface area (Å²) in [5.74, 6) is -0.535. The second kappa shape index (κ2) is 13.8. The predicted molar refractivity (Wildman–Crippen MR) is 161 cm³/mol. The molecule has 2 amide bonds. The van der Waals surface area contributed by atoms with Crippen molar-refractivity contribution in [3.8, 4) is 5.75 Å². The molecule has 0 saturated heterocycles. The van der Waals surface area contributed by atoms with Crippen molar-refractivity contribution in [2.75, 3.05) is 17.5 Å². The maximum atomic E-state index is 14.0. The number of hydrogen-bond donors (Lipinski definition) is 1. The molecule has 8 nitrogen and oxygen atoms in total. The zero-order valence-electron chi connectivity index (χ0n) is 23.4. The van der Waals surface area contributed by atoms with Gasteiger partial charge in [0.15, 0.2) is 0 Å². The van der Waals surface area contributed by atoms with Gasteiger partial charge in [-0.3, -0.25) is 13.9 Å². The van der Waals surface area contributed by atoms with Gasteiger partial charge in [0.2, 0.25) is 11.8 Å². The summed E-state index contributed by atoms with van der Waals surface area (Å²) >= 11 is 3.45. The van der Waals surface area contributed by atoms with E-state index in [4.69, 9.17) is 4.74 Å². The topological polar surface area (TPSA) is 96.0 Å². The van der Waals surface area contributed by atoms with E-state index in [1.807, 2.05) is 45.0 Å². The summed E-state index contributed by atoms with van der Waals surface area (Å²) in [5, 5.41) is 2.85. The molecule has 0 heterocycles. The Morgan fingerprint density at radius 2 is 1.65 bits per heavy atom. The van der Waals surface area contributed by atoms with Gasteiger partial charge in [-0.1, -0.05) is 57.9 Å². The molecule has 0 aromatic heterocycles. The molecule has 1 N–H and O–H groups in total. The molecule has 10 heteroatoms. The van der Waals surface area contributed by atoms with E-state index in [1.165, 1.54) is 17.0 Å². The lowest BCUT2D eigenvalue weighted by Gasteiger charge is -2.32. The van der Waals surface area contributed by atoms with Crippen LogP contribution in [0.3, 0.4) is 0 Å². The Labute approximate surface area is 245 Å². The first-order chi connectivity index (χ1) is 18.9. The number of anilines is 1. The Morgan fingerprint density at radius 3 is 2.27 bits per heavy atom. The minimum atomic E-state index is -4.19. The maximum Gasteiger partial charge on any atom is 0.264 e. The summed E-state index contributed by atoms with van der Waals surface area (Å²) in [5.41, 5.74) is 1.93. The molecule has 0 bridgehead atoms. The number of aryl methyl sites for hydroxylation is 1. The Morgan fingerprint density at radius 1 is 0.975 bits per heavy atom. The smallest absolute Gasteiger partial charge is 0.264 e. The minimum Gasteiger partial charge on any atom is -0.492 e. The number of para-hydroxylation sites is 2. The third kappa shape index (κ3) is 7.85. The van der Waals surface area contributed by atoms with Gasteiger partial charge in [0.1, 0.15) is 18.3 Å². The number of nitrogens with one attached hydrogen (secondary N) is 1. The maximum absolute atomic E-state index is 14.0. The molecular weight excluding hydrogens is 594 g/mol. The molecule has 3 rings (SSSR count). The highest BCUT2D eigenvalue weighted by Crippen LogP contribution is 2.33. The molecule has 0 radical (unpaired) electrons. The molecule has 0 fully saturated rings. The summed E-state index contributed by atoms with van der Waals surface area (Å²) < 4.78 is 35.7. The molecule has 1 unspecified atom stereocenters. The Kier molecular flexibility index (Phi) is 10.8. The van der Waals surface area contributed by atoms with E-state index in [-0.39, 0.29) is 29.1 Å². The van der Waals surface area contributed by atoms with Crippen molar-refractivity contribution in [1.29, 1.82) is 0 Å². The van der Waals surface area contributed by atoms with E-state index >= 15 is 0 Å². The van der Waals surface area contributed by atoms with Gasteiger partial charge in [-0.05, 0) is 76.6 Å². The number of ether oxygens (including phenoxy) is 1. The van der Waals surface area contributed by atoms with Crippen LogP contribution in [0.2, 0.25) is 0 Å². The largest absolute Gasteiger partial charge is 0.492 e. The lowest BCUT2D eigenvalue weighted by atomic mass is 10.1. The first-order valence-corrected chi connectivity index (χ1v) is 15.3. The van der Waals surface area contributed by atoms with Crippen LogP contribution in [0.4, 0.5) is 5.69 Å². The monoisotopic (exact) mass is 629 g/mol. The fourth-order valence-corrected chi connectivity index (χ4v) is 5.98. The highest BCUT2D eigenvalue weighted by Gasteiger charge is 2.34. The Bertz CT molecular complexity index is 1430. The average molecular weight is 631 g/mol. The summed E-state index contributed by atoms with van der Waals surface area (Å²) in [6.07, 6.45) is 0. The van der Waals surface area contributed by atoms with Crippen molar-refractivity contribution in [2.24, 2.45) is 0 Å². The van der Waals surface area contributed by atoms with Gasteiger partial charge < -0.3 is 15.0 Å². The number of rotatable bonds is 12. The second-order valence-electron chi connectivity index (χ2n) is 9.72. The van der Waals surface area contributed by atoms with Crippen molar-refractivity contribution in [1.82, 2.24) is 10.2 Å². The van der Waals surface area contributed by atoms with Crippen molar-refractivity contribution < 1.29 is 22.7 Å². The molecular formula is C30H36BrN3O5S. The first kappa shape index (κ1) is 31.2. The molecule has 3 aromatic rings. The summed E-state index contributed by atoms with van der Waals surface area (Å²) in [6, 6.07) is 19.6. The van der Waals surface area contributed by atoms with Gasteiger partial charge in [0.25, 0.3) is 10.0 Å². The molecule has 3 aromatic carbocycles. The lowest BCUT2D eigenvalue weighted by Crippen LogP contribution is -2.52. The number of amides is 2. The second-order valence-corrected chi connectivity index (χ2v) is 12.5. The van der Waals surface area contributed by atoms with Gasteiger partial charge >= 0.3 is 0 Å². The van der Waals surface area contributed by atoms with Crippen LogP contribution in [0.5, 0.6) is 5.75 Å². The van der Waals surface area contributed by atoms with E-state index in [0.29, 0.717) is 12.4 Å². The van der Waals surface area contributed by atoms with Crippen LogP contribution in [0, 0.1) is 6.92 Å². The Hall–Kier alpha value is -3.37. The molecule has 0 spiro atoms. The van der Waals surface area contributed by atoms with E-state index in [0.717, 1.165) is 19.9 Å². The van der Waals surface area contributed by atoms with E-state index < -0.39 is 28.5 Å². The number of carbonyl (C=O) groups is 2. The summed E-state index contributed by atoms with van der Waals surface area (Å²) in [4.78, 5) is 28.5. The summed E-state index contributed by atoms with van der Waals surface area (Å²) in [6.45, 7) is 8.87. The highest BCUT2D eigenvalue weighted by atomic mass is 79.9. The van der Waals surface area contributed by atoms with Gasteiger partial charge in [-0.2, -0.15) is 0 Å². The third-order valence-electron chi connectivity index (χ3n) is 6.16. The zero-order chi connectivity index (χ0) is 29.4. The SMILES string of the molecule is CCOc1ccccc1N(CC(=O)N(Cc1cccc(Br)c1)C(C)C(=O)NC(C)C)S(=O)(=O)c1ccc(C)cc1. The molecule has 40 heavy (non-hydrogen) atoms. The van der Waals surface area contributed by atoms with Crippen LogP contribution in [0.1, 0.15) is 38.8 Å². The minimum absolute atomic E-state index is 0.0429. The van der Waals surface area contributed by atoms with Gasteiger partial charge in [-0.25, -0.2) is 8.42 Å². The predicted octanol–water partition coefficient (Wildman–Crippen LogP) is 5.29. The summed E-state index contributed by atoms with van der Waals surface area (Å²) in [7, 11) is -4.19. The average Bonchev–Trinajstić information content (AvgIpc) is 2.90. The lowest BCUT2D eigenvalue weighted by molar-refractivity contribution is -0.139. The third-order valence-corrected chi connectivity index (χ3v) is 8.43. The molecule has 1 atom stereocenters.